The summed E-state index contributed by atoms with van der Waals surface area (Å²) >= 11 is 0. The molecule has 0 amide bonds. The van der Waals surface area contributed by atoms with Crippen molar-refractivity contribution in [1.29, 1.82) is 0 Å². The third-order valence-electron chi connectivity index (χ3n) is 4.24. The van der Waals surface area contributed by atoms with Crippen LogP contribution in [0.1, 0.15) is 44.9 Å². The van der Waals surface area contributed by atoms with Crippen molar-refractivity contribution in [3.63, 3.8) is 0 Å². The number of carboxylic acids is 1. The molecule has 0 unspecified atom stereocenters. The van der Waals surface area contributed by atoms with E-state index in [9.17, 15) is 13.2 Å². The SMILES string of the molecule is CN(C1CCCCC1)S(=O)(=O)N1CCC[C@@H]1C(=O)O. The molecule has 0 aromatic rings. The van der Waals surface area contributed by atoms with Gasteiger partial charge in [0.1, 0.15) is 6.04 Å². The van der Waals surface area contributed by atoms with Crippen LogP contribution in [-0.2, 0) is 15.0 Å². The van der Waals surface area contributed by atoms with Crippen LogP contribution < -0.4 is 0 Å². The maximum atomic E-state index is 12.5. The fourth-order valence-electron chi connectivity index (χ4n) is 3.06. The number of carboxylic acid groups (broad SMARTS) is 1. The van der Waals surface area contributed by atoms with Crippen molar-refractivity contribution in [2.45, 2.75) is 57.0 Å². The number of aliphatic carboxylic acids is 1. The average Bonchev–Trinajstić information content (AvgIpc) is 2.89. The van der Waals surface area contributed by atoms with E-state index in [4.69, 9.17) is 5.11 Å². The molecular weight excluding hydrogens is 268 g/mol. The number of nitrogens with zero attached hydrogens (tertiary/aromatic N) is 2. The molecule has 0 aromatic heterocycles. The van der Waals surface area contributed by atoms with Gasteiger partial charge in [0.05, 0.1) is 0 Å². The Morgan fingerprint density at radius 1 is 1.16 bits per heavy atom. The van der Waals surface area contributed by atoms with Crippen molar-refractivity contribution in [1.82, 2.24) is 8.61 Å². The normalized spacial score (nSPS) is 26.9. The minimum atomic E-state index is -3.65. The van der Waals surface area contributed by atoms with Gasteiger partial charge in [-0.1, -0.05) is 19.3 Å². The molecule has 0 aromatic carbocycles. The van der Waals surface area contributed by atoms with Crippen LogP contribution in [0.3, 0.4) is 0 Å². The van der Waals surface area contributed by atoms with Crippen LogP contribution in [0.4, 0.5) is 0 Å². The summed E-state index contributed by atoms with van der Waals surface area (Å²) in [7, 11) is -2.06. The van der Waals surface area contributed by atoms with E-state index in [1.807, 2.05) is 0 Å². The zero-order valence-corrected chi connectivity index (χ0v) is 12.1. The summed E-state index contributed by atoms with van der Waals surface area (Å²) in [5.74, 6) is -1.04. The average molecular weight is 290 g/mol. The van der Waals surface area contributed by atoms with E-state index in [0.717, 1.165) is 36.4 Å². The molecule has 0 bridgehead atoms. The van der Waals surface area contributed by atoms with Crippen molar-refractivity contribution >= 4 is 16.2 Å². The second kappa shape index (κ2) is 5.76. The zero-order chi connectivity index (χ0) is 14.0. The lowest BCUT2D eigenvalue weighted by Crippen LogP contribution is -2.50. The highest BCUT2D eigenvalue weighted by molar-refractivity contribution is 7.86. The van der Waals surface area contributed by atoms with Gasteiger partial charge in [-0.05, 0) is 25.7 Å². The van der Waals surface area contributed by atoms with E-state index in [1.54, 1.807) is 7.05 Å². The molecule has 1 aliphatic heterocycles. The summed E-state index contributed by atoms with van der Waals surface area (Å²) in [6.45, 7) is 0.316. The highest BCUT2D eigenvalue weighted by atomic mass is 32.2. The van der Waals surface area contributed by atoms with Crippen molar-refractivity contribution in [3.05, 3.63) is 0 Å². The van der Waals surface area contributed by atoms with Gasteiger partial charge in [0.15, 0.2) is 0 Å². The van der Waals surface area contributed by atoms with Gasteiger partial charge in [0.2, 0.25) is 0 Å². The molecular formula is C12H22N2O4S. The van der Waals surface area contributed by atoms with Crippen molar-refractivity contribution in [2.24, 2.45) is 0 Å². The van der Waals surface area contributed by atoms with Gasteiger partial charge in [0.25, 0.3) is 10.2 Å². The van der Waals surface area contributed by atoms with Crippen molar-refractivity contribution in [3.8, 4) is 0 Å². The Morgan fingerprint density at radius 3 is 2.37 bits per heavy atom. The Balaban J connectivity index is 2.14. The molecule has 6 nitrogen and oxygen atoms in total. The Bertz CT molecular complexity index is 431. The summed E-state index contributed by atoms with van der Waals surface area (Å²) in [5, 5.41) is 9.11. The summed E-state index contributed by atoms with van der Waals surface area (Å²) in [5.41, 5.74) is 0. The quantitative estimate of drug-likeness (QED) is 0.839. The number of hydrogen-bond acceptors (Lipinski definition) is 3. The Kier molecular flexibility index (Phi) is 4.47. The zero-order valence-electron chi connectivity index (χ0n) is 11.3. The monoisotopic (exact) mass is 290 g/mol. The van der Waals surface area contributed by atoms with Gasteiger partial charge in [0, 0.05) is 19.6 Å². The Morgan fingerprint density at radius 2 is 1.79 bits per heavy atom. The lowest BCUT2D eigenvalue weighted by atomic mass is 9.96. The molecule has 2 fully saturated rings. The third-order valence-corrected chi connectivity index (χ3v) is 6.29. The standard InChI is InChI=1S/C12H22N2O4S/c1-13(10-6-3-2-4-7-10)19(17,18)14-9-5-8-11(14)12(15)16/h10-11H,2-9H2,1H3,(H,15,16)/t11-/m1/s1. The van der Waals surface area contributed by atoms with Crippen LogP contribution >= 0.6 is 0 Å². The first kappa shape index (κ1) is 14.7. The number of carbonyl (C=O) groups is 1. The lowest BCUT2D eigenvalue weighted by Gasteiger charge is -2.34. The molecule has 1 aliphatic carbocycles. The van der Waals surface area contributed by atoms with Gasteiger partial charge in [-0.3, -0.25) is 4.79 Å². The molecule has 2 aliphatic rings. The van der Waals surface area contributed by atoms with Crippen molar-refractivity contribution in [2.75, 3.05) is 13.6 Å². The van der Waals surface area contributed by atoms with Crippen molar-refractivity contribution < 1.29 is 18.3 Å². The van der Waals surface area contributed by atoms with E-state index in [0.29, 0.717) is 19.4 Å². The minimum Gasteiger partial charge on any atom is -0.480 e. The van der Waals surface area contributed by atoms with Gasteiger partial charge in [-0.2, -0.15) is 17.0 Å². The Labute approximate surface area is 114 Å². The molecule has 2 rings (SSSR count). The third kappa shape index (κ3) is 2.93. The smallest absolute Gasteiger partial charge is 0.322 e. The topological polar surface area (TPSA) is 77.9 Å². The van der Waals surface area contributed by atoms with Crippen LogP contribution in [0.2, 0.25) is 0 Å². The first-order valence-electron chi connectivity index (χ1n) is 6.92. The first-order chi connectivity index (χ1) is 8.94. The maximum Gasteiger partial charge on any atom is 0.322 e. The van der Waals surface area contributed by atoms with E-state index in [2.05, 4.69) is 0 Å². The highest BCUT2D eigenvalue weighted by Crippen LogP contribution is 2.28. The number of rotatable bonds is 4. The molecule has 7 heteroatoms. The minimum absolute atomic E-state index is 0.0220. The van der Waals surface area contributed by atoms with Crippen LogP contribution in [0, 0.1) is 0 Å². The van der Waals surface area contributed by atoms with Crippen LogP contribution in [0.25, 0.3) is 0 Å². The highest BCUT2D eigenvalue weighted by Gasteiger charge is 2.42. The van der Waals surface area contributed by atoms with E-state index in [1.165, 1.54) is 4.31 Å². The second-order valence-electron chi connectivity index (χ2n) is 5.42. The Hall–Kier alpha value is -0.660. The molecule has 110 valence electrons. The maximum absolute atomic E-state index is 12.5. The molecule has 1 saturated heterocycles. The first-order valence-corrected chi connectivity index (χ1v) is 8.32. The van der Waals surface area contributed by atoms with E-state index in [-0.39, 0.29) is 6.04 Å². The van der Waals surface area contributed by atoms with Crippen LogP contribution in [0.15, 0.2) is 0 Å². The van der Waals surface area contributed by atoms with E-state index >= 15 is 0 Å². The fourth-order valence-corrected chi connectivity index (χ4v) is 4.86. The van der Waals surface area contributed by atoms with Gasteiger partial charge in [-0.25, -0.2) is 0 Å². The lowest BCUT2D eigenvalue weighted by molar-refractivity contribution is -0.140. The summed E-state index contributed by atoms with van der Waals surface area (Å²) in [6, 6.07) is -0.871. The van der Waals surface area contributed by atoms with Gasteiger partial charge >= 0.3 is 5.97 Å². The predicted molar refractivity (Wildman–Crippen MR) is 70.9 cm³/mol. The molecule has 1 N–H and O–H groups in total. The molecule has 0 spiro atoms. The summed E-state index contributed by atoms with van der Waals surface area (Å²) in [6.07, 6.45) is 6.04. The number of hydrogen-bond donors (Lipinski definition) is 1. The predicted octanol–water partition coefficient (Wildman–Crippen LogP) is 1.04. The van der Waals surface area contributed by atoms with Gasteiger partial charge in [-0.15, -0.1) is 0 Å². The van der Waals surface area contributed by atoms with Gasteiger partial charge < -0.3 is 5.11 Å². The van der Waals surface area contributed by atoms with E-state index < -0.39 is 22.2 Å². The summed E-state index contributed by atoms with van der Waals surface area (Å²) in [4.78, 5) is 11.1. The fraction of sp³-hybridized carbons (Fsp3) is 0.917. The molecule has 1 saturated carbocycles. The molecule has 19 heavy (non-hydrogen) atoms. The molecule has 1 atom stereocenters. The van der Waals surface area contributed by atoms with Crippen LogP contribution in [-0.4, -0.2) is 53.8 Å². The second-order valence-corrected chi connectivity index (χ2v) is 7.36. The largest absolute Gasteiger partial charge is 0.480 e. The molecule has 1 heterocycles. The van der Waals surface area contributed by atoms with Crippen LogP contribution in [0.5, 0.6) is 0 Å². The molecule has 0 radical (unpaired) electrons. The summed E-state index contributed by atoms with van der Waals surface area (Å²) < 4.78 is 27.6.